The number of rotatable bonds is 9. The predicted octanol–water partition coefficient (Wildman–Crippen LogP) is 2.00. The molecule has 1 atom stereocenters. The van der Waals surface area contributed by atoms with Crippen LogP contribution in [0.15, 0.2) is 0 Å². The van der Waals surface area contributed by atoms with Gasteiger partial charge in [0.15, 0.2) is 0 Å². The molecule has 1 aliphatic rings. The Hall–Kier alpha value is -0.610. The highest BCUT2D eigenvalue weighted by Crippen LogP contribution is 2.20. The van der Waals surface area contributed by atoms with Crippen molar-refractivity contribution in [3.05, 3.63) is 0 Å². The second-order valence-corrected chi connectivity index (χ2v) is 6.02. The second kappa shape index (κ2) is 10.2. The molecule has 0 saturated carbocycles. The highest BCUT2D eigenvalue weighted by molar-refractivity contribution is 5.75. The highest BCUT2D eigenvalue weighted by Gasteiger charge is 2.23. The van der Waals surface area contributed by atoms with Crippen molar-refractivity contribution in [2.75, 3.05) is 32.7 Å². The van der Waals surface area contributed by atoms with Gasteiger partial charge in [-0.3, -0.25) is 4.79 Å². The summed E-state index contributed by atoms with van der Waals surface area (Å²) in [7, 11) is 0. The maximum absolute atomic E-state index is 11.5. The standard InChI is InChI=1S/C16H33N3O/c1-4-9-18-16(20)6-10-17-14(3)15-7-12-19(11-5-2)13-8-15/h14-15,17H,4-13H2,1-3H3,(H,18,20). The van der Waals surface area contributed by atoms with Crippen molar-refractivity contribution in [2.24, 2.45) is 5.92 Å². The first-order valence-electron chi connectivity index (χ1n) is 8.39. The maximum Gasteiger partial charge on any atom is 0.221 e. The zero-order valence-electron chi connectivity index (χ0n) is 13.6. The van der Waals surface area contributed by atoms with Gasteiger partial charge < -0.3 is 15.5 Å². The van der Waals surface area contributed by atoms with E-state index in [4.69, 9.17) is 0 Å². The minimum absolute atomic E-state index is 0.171. The number of hydrogen-bond donors (Lipinski definition) is 2. The SMILES string of the molecule is CCCNC(=O)CCNC(C)C1CCN(CCC)CC1. The number of piperidine rings is 1. The Morgan fingerprint density at radius 1 is 1.20 bits per heavy atom. The third-order valence-corrected chi connectivity index (χ3v) is 4.27. The first-order valence-corrected chi connectivity index (χ1v) is 8.39. The zero-order chi connectivity index (χ0) is 14.8. The van der Waals surface area contributed by atoms with E-state index in [9.17, 15) is 4.79 Å². The topological polar surface area (TPSA) is 44.4 Å². The summed E-state index contributed by atoms with van der Waals surface area (Å²) in [5.41, 5.74) is 0. The first-order chi connectivity index (χ1) is 9.67. The van der Waals surface area contributed by atoms with Gasteiger partial charge in [0.2, 0.25) is 5.91 Å². The molecule has 0 aromatic heterocycles. The minimum atomic E-state index is 0.171. The number of nitrogens with one attached hydrogen (secondary N) is 2. The number of amides is 1. The zero-order valence-corrected chi connectivity index (χ0v) is 13.6. The molecule has 0 aliphatic carbocycles. The molecule has 1 fully saturated rings. The van der Waals surface area contributed by atoms with E-state index in [1.165, 1.54) is 38.9 Å². The lowest BCUT2D eigenvalue weighted by atomic mass is 9.90. The fourth-order valence-electron chi connectivity index (χ4n) is 2.93. The summed E-state index contributed by atoms with van der Waals surface area (Å²) in [6.45, 7) is 11.9. The molecule has 20 heavy (non-hydrogen) atoms. The minimum Gasteiger partial charge on any atom is -0.356 e. The number of carbonyl (C=O) groups is 1. The Bertz CT molecular complexity index is 262. The van der Waals surface area contributed by atoms with Gasteiger partial charge in [-0.25, -0.2) is 0 Å². The molecule has 1 saturated heterocycles. The van der Waals surface area contributed by atoms with Crippen LogP contribution in [0.4, 0.5) is 0 Å². The van der Waals surface area contributed by atoms with Gasteiger partial charge in [0.1, 0.15) is 0 Å². The molecule has 1 unspecified atom stereocenters. The molecule has 1 rings (SSSR count). The van der Waals surface area contributed by atoms with Gasteiger partial charge in [-0.1, -0.05) is 13.8 Å². The van der Waals surface area contributed by atoms with Crippen LogP contribution >= 0.6 is 0 Å². The average molecular weight is 283 g/mol. The van der Waals surface area contributed by atoms with E-state index in [1.54, 1.807) is 0 Å². The molecule has 0 radical (unpaired) electrons. The Balaban J connectivity index is 2.11. The van der Waals surface area contributed by atoms with Crippen LogP contribution in [-0.4, -0.2) is 49.6 Å². The fourth-order valence-corrected chi connectivity index (χ4v) is 2.93. The Kier molecular flexibility index (Phi) is 8.86. The van der Waals surface area contributed by atoms with Crippen LogP contribution in [0, 0.1) is 5.92 Å². The third kappa shape index (κ3) is 6.71. The van der Waals surface area contributed by atoms with Gasteiger partial charge >= 0.3 is 0 Å². The smallest absolute Gasteiger partial charge is 0.221 e. The van der Waals surface area contributed by atoms with Crippen LogP contribution in [0.5, 0.6) is 0 Å². The second-order valence-electron chi connectivity index (χ2n) is 6.02. The van der Waals surface area contributed by atoms with Gasteiger partial charge in [0, 0.05) is 25.6 Å². The van der Waals surface area contributed by atoms with E-state index in [0.29, 0.717) is 12.5 Å². The van der Waals surface area contributed by atoms with Crippen molar-refractivity contribution in [3.63, 3.8) is 0 Å². The van der Waals surface area contributed by atoms with Crippen LogP contribution in [0.3, 0.4) is 0 Å². The lowest BCUT2D eigenvalue weighted by Crippen LogP contribution is -2.43. The monoisotopic (exact) mass is 283 g/mol. The largest absolute Gasteiger partial charge is 0.356 e. The number of carbonyl (C=O) groups excluding carboxylic acids is 1. The number of hydrogen-bond acceptors (Lipinski definition) is 3. The van der Waals surface area contributed by atoms with E-state index in [0.717, 1.165) is 25.4 Å². The molecule has 2 N–H and O–H groups in total. The van der Waals surface area contributed by atoms with Gasteiger partial charge in [-0.2, -0.15) is 0 Å². The molecule has 0 spiro atoms. The highest BCUT2D eigenvalue weighted by atomic mass is 16.1. The van der Waals surface area contributed by atoms with Crippen LogP contribution < -0.4 is 10.6 Å². The van der Waals surface area contributed by atoms with Crippen LogP contribution in [0.25, 0.3) is 0 Å². The summed E-state index contributed by atoms with van der Waals surface area (Å²) < 4.78 is 0. The molecule has 4 nitrogen and oxygen atoms in total. The van der Waals surface area contributed by atoms with E-state index in [2.05, 4.69) is 36.3 Å². The summed E-state index contributed by atoms with van der Waals surface area (Å²) in [4.78, 5) is 14.1. The van der Waals surface area contributed by atoms with Crippen molar-refractivity contribution in [2.45, 2.75) is 58.9 Å². The lowest BCUT2D eigenvalue weighted by Gasteiger charge is -2.35. The van der Waals surface area contributed by atoms with E-state index < -0.39 is 0 Å². The van der Waals surface area contributed by atoms with E-state index in [1.807, 2.05) is 0 Å². The Morgan fingerprint density at radius 2 is 1.90 bits per heavy atom. The van der Waals surface area contributed by atoms with Crippen molar-refractivity contribution < 1.29 is 4.79 Å². The quantitative estimate of drug-likeness (QED) is 0.680. The third-order valence-electron chi connectivity index (χ3n) is 4.27. The normalized spacial score (nSPS) is 18.9. The van der Waals surface area contributed by atoms with Crippen molar-refractivity contribution in [1.29, 1.82) is 0 Å². The average Bonchev–Trinajstić information content (AvgIpc) is 2.46. The molecule has 1 heterocycles. The van der Waals surface area contributed by atoms with E-state index >= 15 is 0 Å². The van der Waals surface area contributed by atoms with Crippen molar-refractivity contribution in [1.82, 2.24) is 15.5 Å². The van der Waals surface area contributed by atoms with E-state index in [-0.39, 0.29) is 5.91 Å². The molecular formula is C16H33N3O. The maximum atomic E-state index is 11.5. The van der Waals surface area contributed by atoms with Crippen LogP contribution in [0.1, 0.15) is 52.9 Å². The summed E-state index contributed by atoms with van der Waals surface area (Å²) in [5, 5.41) is 6.45. The molecule has 0 bridgehead atoms. The van der Waals surface area contributed by atoms with Crippen molar-refractivity contribution in [3.8, 4) is 0 Å². The van der Waals surface area contributed by atoms with Crippen molar-refractivity contribution >= 4 is 5.91 Å². The number of likely N-dealkylation sites (tertiary alicyclic amines) is 1. The molecule has 1 amide bonds. The molecule has 0 aromatic carbocycles. The molecule has 0 aromatic rings. The molecule has 4 heteroatoms. The van der Waals surface area contributed by atoms with Gasteiger partial charge in [0.05, 0.1) is 0 Å². The van der Waals surface area contributed by atoms with Gasteiger partial charge in [-0.05, 0) is 58.2 Å². The fraction of sp³-hybridized carbons (Fsp3) is 0.938. The Labute approximate surface area is 124 Å². The summed E-state index contributed by atoms with van der Waals surface area (Å²) >= 11 is 0. The van der Waals surface area contributed by atoms with Crippen LogP contribution in [-0.2, 0) is 4.79 Å². The summed E-state index contributed by atoms with van der Waals surface area (Å²) in [6.07, 6.45) is 5.43. The predicted molar refractivity (Wildman–Crippen MR) is 84.8 cm³/mol. The molecule has 1 aliphatic heterocycles. The Morgan fingerprint density at radius 3 is 2.50 bits per heavy atom. The van der Waals surface area contributed by atoms with Crippen LogP contribution in [0.2, 0.25) is 0 Å². The first kappa shape index (κ1) is 17.4. The lowest BCUT2D eigenvalue weighted by molar-refractivity contribution is -0.121. The van der Waals surface area contributed by atoms with Gasteiger partial charge in [-0.15, -0.1) is 0 Å². The summed E-state index contributed by atoms with van der Waals surface area (Å²) in [6, 6.07) is 0.526. The molecular weight excluding hydrogens is 250 g/mol. The molecule has 118 valence electrons. The number of nitrogens with zero attached hydrogens (tertiary/aromatic N) is 1. The van der Waals surface area contributed by atoms with Gasteiger partial charge in [0.25, 0.3) is 0 Å². The summed E-state index contributed by atoms with van der Waals surface area (Å²) in [5.74, 6) is 0.936.